The van der Waals surface area contributed by atoms with Gasteiger partial charge in [0.2, 0.25) is 0 Å². The van der Waals surface area contributed by atoms with Gasteiger partial charge in [0, 0.05) is 11.0 Å². The van der Waals surface area contributed by atoms with E-state index in [1.165, 1.54) is 44.9 Å². The van der Waals surface area contributed by atoms with E-state index in [2.05, 4.69) is 29.5 Å². The fourth-order valence-electron chi connectivity index (χ4n) is 3.91. The SMILES string of the molecule is CCCCCCCCCCOCCOCCOCCOCCOCCOCCOCCOCCOCCOCCOCCOCCI. The van der Waals surface area contributed by atoms with E-state index in [1.807, 2.05) is 0 Å². The van der Waals surface area contributed by atoms with Crippen LogP contribution in [-0.2, 0) is 56.8 Å². The van der Waals surface area contributed by atoms with E-state index in [9.17, 15) is 0 Å². The maximum absolute atomic E-state index is 5.62. The van der Waals surface area contributed by atoms with Gasteiger partial charge in [0.25, 0.3) is 0 Å². The molecule has 0 spiro atoms. The number of hydrogen-bond donors (Lipinski definition) is 0. The fourth-order valence-corrected chi connectivity index (χ4v) is 4.23. The molecule has 0 aromatic heterocycles. The average molecular weight is 797 g/mol. The molecule has 12 nitrogen and oxygen atoms in total. The first-order valence-electron chi connectivity index (χ1n) is 17.9. The number of alkyl halides is 1. The Morgan fingerprint density at radius 3 is 0.660 bits per heavy atom. The first-order chi connectivity index (χ1) is 23.4. The zero-order valence-corrected chi connectivity index (χ0v) is 31.8. The molecule has 47 heavy (non-hydrogen) atoms. The summed E-state index contributed by atoms with van der Waals surface area (Å²) in [5.74, 6) is 0. The van der Waals surface area contributed by atoms with Crippen molar-refractivity contribution in [3.8, 4) is 0 Å². The maximum atomic E-state index is 5.62. The molecule has 0 aliphatic heterocycles. The number of hydrogen-bond acceptors (Lipinski definition) is 12. The van der Waals surface area contributed by atoms with Gasteiger partial charge in [0.05, 0.1) is 152 Å². The van der Waals surface area contributed by atoms with Gasteiger partial charge in [-0.3, -0.25) is 0 Å². The third-order valence-corrected chi connectivity index (χ3v) is 6.90. The lowest BCUT2D eigenvalue weighted by Gasteiger charge is -2.09. The van der Waals surface area contributed by atoms with E-state index in [-0.39, 0.29) is 0 Å². The molecule has 0 aromatic rings. The van der Waals surface area contributed by atoms with Crippen molar-refractivity contribution in [2.45, 2.75) is 58.3 Å². The van der Waals surface area contributed by atoms with Crippen LogP contribution in [0.15, 0.2) is 0 Å². The van der Waals surface area contributed by atoms with Crippen molar-refractivity contribution in [1.29, 1.82) is 0 Å². The number of halogens is 1. The van der Waals surface area contributed by atoms with Crippen LogP contribution in [0, 0.1) is 0 Å². The van der Waals surface area contributed by atoms with Crippen molar-refractivity contribution in [3.05, 3.63) is 0 Å². The summed E-state index contributed by atoms with van der Waals surface area (Å²) in [6.45, 7) is 16.0. The smallest absolute Gasteiger partial charge is 0.0701 e. The summed E-state index contributed by atoms with van der Waals surface area (Å²) in [6.07, 6.45) is 10.5. The minimum absolute atomic E-state index is 0.521. The molecular formula is C34H69IO12. The first kappa shape index (κ1) is 47.2. The molecule has 0 amide bonds. The van der Waals surface area contributed by atoms with Crippen LogP contribution >= 0.6 is 22.6 Å². The van der Waals surface area contributed by atoms with Gasteiger partial charge >= 0.3 is 0 Å². The molecule has 0 rings (SSSR count). The zero-order chi connectivity index (χ0) is 33.8. The van der Waals surface area contributed by atoms with Crippen LogP contribution in [0.1, 0.15) is 58.3 Å². The van der Waals surface area contributed by atoms with E-state index < -0.39 is 0 Å². The van der Waals surface area contributed by atoms with Crippen LogP contribution in [0.4, 0.5) is 0 Å². The second-order valence-corrected chi connectivity index (χ2v) is 11.6. The summed E-state index contributed by atoms with van der Waals surface area (Å²) >= 11 is 2.28. The highest BCUT2D eigenvalue weighted by molar-refractivity contribution is 14.1. The highest BCUT2D eigenvalue weighted by Crippen LogP contribution is 2.08. The standard InChI is InChI=1S/C34H69IO12/c1-2-3-4-5-6-7-8-9-11-36-13-15-38-17-19-40-21-23-42-25-27-44-29-31-46-33-34-47-32-30-45-28-26-43-24-22-41-20-18-39-16-14-37-12-10-35/h2-34H2,1H3. The molecule has 0 unspecified atom stereocenters. The quantitative estimate of drug-likeness (QED) is 0.0482. The van der Waals surface area contributed by atoms with Crippen LogP contribution in [0.25, 0.3) is 0 Å². The summed E-state index contributed by atoms with van der Waals surface area (Å²) in [7, 11) is 0. The van der Waals surface area contributed by atoms with E-state index in [0.29, 0.717) is 145 Å². The predicted octanol–water partition coefficient (Wildman–Crippen LogP) is 4.76. The Morgan fingerprint density at radius 1 is 0.234 bits per heavy atom. The highest BCUT2D eigenvalue weighted by atomic mass is 127. The molecule has 0 fully saturated rings. The summed E-state index contributed by atoms with van der Waals surface area (Å²) in [5.41, 5.74) is 0. The molecule has 0 aliphatic carbocycles. The first-order valence-corrected chi connectivity index (χ1v) is 19.4. The van der Waals surface area contributed by atoms with Crippen LogP contribution < -0.4 is 0 Å². The molecular weight excluding hydrogens is 727 g/mol. The zero-order valence-electron chi connectivity index (χ0n) is 29.6. The van der Waals surface area contributed by atoms with Crippen molar-refractivity contribution in [1.82, 2.24) is 0 Å². The molecule has 284 valence electrons. The molecule has 0 bridgehead atoms. The summed E-state index contributed by atoms with van der Waals surface area (Å²) < 4.78 is 66.8. The molecule has 0 aliphatic rings. The third-order valence-electron chi connectivity index (χ3n) is 6.46. The lowest BCUT2D eigenvalue weighted by Crippen LogP contribution is -2.15. The van der Waals surface area contributed by atoms with Gasteiger partial charge < -0.3 is 56.8 Å². The van der Waals surface area contributed by atoms with Gasteiger partial charge in [-0.25, -0.2) is 0 Å². The molecule has 0 saturated heterocycles. The van der Waals surface area contributed by atoms with Gasteiger partial charge in [0.15, 0.2) is 0 Å². The predicted molar refractivity (Wildman–Crippen MR) is 191 cm³/mol. The summed E-state index contributed by atoms with van der Waals surface area (Å²) in [4.78, 5) is 0. The lowest BCUT2D eigenvalue weighted by molar-refractivity contribution is -0.0282. The Hall–Kier alpha value is 0.250. The number of rotatable bonds is 44. The molecule has 0 saturated carbocycles. The van der Waals surface area contributed by atoms with E-state index in [1.54, 1.807) is 0 Å². The van der Waals surface area contributed by atoms with Gasteiger partial charge in [-0.05, 0) is 6.42 Å². The van der Waals surface area contributed by atoms with E-state index in [4.69, 9.17) is 56.8 Å². The minimum atomic E-state index is 0.521. The van der Waals surface area contributed by atoms with Gasteiger partial charge in [-0.1, -0.05) is 74.5 Å². The van der Waals surface area contributed by atoms with Crippen LogP contribution in [0.5, 0.6) is 0 Å². The van der Waals surface area contributed by atoms with Crippen molar-refractivity contribution in [2.75, 3.05) is 163 Å². The Morgan fingerprint density at radius 2 is 0.426 bits per heavy atom. The normalized spacial score (nSPS) is 11.6. The maximum Gasteiger partial charge on any atom is 0.0701 e. The monoisotopic (exact) mass is 796 g/mol. The van der Waals surface area contributed by atoms with Crippen LogP contribution in [0.3, 0.4) is 0 Å². The number of unbranched alkanes of at least 4 members (excludes halogenated alkanes) is 7. The van der Waals surface area contributed by atoms with Gasteiger partial charge in [0.1, 0.15) is 0 Å². The summed E-state index contributed by atoms with van der Waals surface area (Å²) in [6, 6.07) is 0. The van der Waals surface area contributed by atoms with E-state index >= 15 is 0 Å². The Bertz CT molecular complexity index is 495. The molecule has 13 heteroatoms. The Kier molecular flexibility index (Phi) is 46.5. The Labute approximate surface area is 299 Å². The van der Waals surface area contributed by atoms with Crippen molar-refractivity contribution in [2.24, 2.45) is 0 Å². The van der Waals surface area contributed by atoms with Gasteiger partial charge in [-0.15, -0.1) is 0 Å². The van der Waals surface area contributed by atoms with Crippen molar-refractivity contribution >= 4 is 22.6 Å². The van der Waals surface area contributed by atoms with Crippen molar-refractivity contribution < 1.29 is 56.8 Å². The largest absolute Gasteiger partial charge is 0.379 e. The van der Waals surface area contributed by atoms with Crippen molar-refractivity contribution in [3.63, 3.8) is 0 Å². The minimum Gasteiger partial charge on any atom is -0.379 e. The molecule has 0 radical (unpaired) electrons. The molecule has 0 atom stereocenters. The highest BCUT2D eigenvalue weighted by Gasteiger charge is 1.97. The fraction of sp³-hybridized carbons (Fsp3) is 1.00. The van der Waals surface area contributed by atoms with Gasteiger partial charge in [-0.2, -0.15) is 0 Å². The third kappa shape index (κ3) is 46.2. The Balaban J connectivity index is 3.03. The second-order valence-electron chi connectivity index (χ2n) is 10.5. The number of ether oxygens (including phenoxy) is 12. The molecule has 0 aromatic carbocycles. The van der Waals surface area contributed by atoms with Crippen LogP contribution in [-0.4, -0.2) is 163 Å². The molecule has 0 heterocycles. The average Bonchev–Trinajstić information content (AvgIpc) is 3.08. The second kappa shape index (κ2) is 46.2. The summed E-state index contributed by atoms with van der Waals surface area (Å²) in [5, 5.41) is 0. The lowest BCUT2D eigenvalue weighted by atomic mass is 10.1. The topological polar surface area (TPSA) is 111 Å². The van der Waals surface area contributed by atoms with E-state index in [0.717, 1.165) is 24.1 Å². The van der Waals surface area contributed by atoms with Crippen LogP contribution in [0.2, 0.25) is 0 Å². The molecule has 0 N–H and O–H groups in total.